The lowest BCUT2D eigenvalue weighted by Crippen LogP contribution is -2.33. The maximum atomic E-state index is 13.7. The monoisotopic (exact) mass is 496 g/mol. The lowest BCUT2D eigenvalue weighted by atomic mass is 9.89. The molecule has 0 saturated carbocycles. The van der Waals surface area contributed by atoms with Crippen molar-refractivity contribution in [2.45, 2.75) is 38.1 Å². The van der Waals surface area contributed by atoms with E-state index < -0.39 is 0 Å². The van der Waals surface area contributed by atoms with E-state index in [1.165, 1.54) is 17.7 Å². The first-order valence-electron chi connectivity index (χ1n) is 12.8. The Morgan fingerprint density at radius 3 is 2.51 bits per heavy atom. The van der Waals surface area contributed by atoms with Gasteiger partial charge in [-0.1, -0.05) is 30.3 Å². The molecule has 0 amide bonds. The van der Waals surface area contributed by atoms with Crippen LogP contribution in [-0.4, -0.2) is 42.7 Å². The van der Waals surface area contributed by atoms with Gasteiger partial charge in [0.2, 0.25) is 5.95 Å². The third-order valence-electron chi connectivity index (χ3n) is 7.31. The van der Waals surface area contributed by atoms with E-state index in [1.54, 1.807) is 23.0 Å². The van der Waals surface area contributed by atoms with Crippen molar-refractivity contribution in [3.05, 3.63) is 112 Å². The van der Waals surface area contributed by atoms with E-state index in [0.717, 1.165) is 60.3 Å². The van der Waals surface area contributed by atoms with Gasteiger partial charge >= 0.3 is 0 Å². The number of aromatic nitrogens is 5. The number of fused-ring (bicyclic) bond motifs is 1. The second kappa shape index (κ2) is 10.1. The van der Waals surface area contributed by atoms with Gasteiger partial charge in [0.25, 0.3) is 5.56 Å². The molecule has 0 spiro atoms. The first kappa shape index (κ1) is 23.4. The van der Waals surface area contributed by atoms with Crippen molar-refractivity contribution in [1.82, 2.24) is 29.6 Å². The fourth-order valence-corrected chi connectivity index (χ4v) is 5.31. The van der Waals surface area contributed by atoms with Crippen LogP contribution in [0.5, 0.6) is 0 Å². The summed E-state index contributed by atoms with van der Waals surface area (Å²) in [6.45, 7) is 2.79. The van der Waals surface area contributed by atoms with Crippen molar-refractivity contribution < 1.29 is 4.39 Å². The topological polar surface area (TPSA) is 82.6 Å². The Balaban J connectivity index is 1.27. The van der Waals surface area contributed by atoms with Gasteiger partial charge in [0.05, 0.1) is 11.0 Å². The van der Waals surface area contributed by atoms with Gasteiger partial charge in [-0.3, -0.25) is 19.8 Å². The fraction of sp³-hybridized carbons (Fsp3) is 0.276. The largest absolute Gasteiger partial charge is 0.322 e. The van der Waals surface area contributed by atoms with E-state index in [4.69, 9.17) is 0 Å². The number of likely N-dealkylation sites (tertiary alicyclic amines) is 1. The number of hydrogen-bond donors (Lipinski definition) is 2. The van der Waals surface area contributed by atoms with Crippen LogP contribution in [0.3, 0.4) is 0 Å². The van der Waals surface area contributed by atoms with E-state index in [2.05, 4.69) is 31.0 Å². The van der Waals surface area contributed by atoms with Gasteiger partial charge in [-0.2, -0.15) is 4.68 Å². The number of pyridine rings is 1. The average molecular weight is 497 g/mol. The SMILES string of the molecule is O=c1c(CCc2ccc(F)cc2)c(C2CCN(Cc3cccnc3)CC2)[nH]n1-c1nc2ccccc2[nH]1. The predicted molar refractivity (Wildman–Crippen MR) is 141 cm³/mol. The van der Waals surface area contributed by atoms with Crippen molar-refractivity contribution in [2.24, 2.45) is 0 Å². The molecule has 37 heavy (non-hydrogen) atoms. The highest BCUT2D eigenvalue weighted by molar-refractivity contribution is 5.75. The summed E-state index contributed by atoms with van der Waals surface area (Å²) < 4.78 is 14.9. The Kier molecular flexibility index (Phi) is 6.40. The molecule has 1 aliphatic heterocycles. The maximum absolute atomic E-state index is 13.7. The molecular weight excluding hydrogens is 467 g/mol. The zero-order valence-corrected chi connectivity index (χ0v) is 20.5. The zero-order chi connectivity index (χ0) is 25.2. The Morgan fingerprint density at radius 1 is 0.946 bits per heavy atom. The first-order chi connectivity index (χ1) is 18.1. The number of piperidine rings is 1. The molecule has 1 saturated heterocycles. The summed E-state index contributed by atoms with van der Waals surface area (Å²) in [7, 11) is 0. The highest BCUT2D eigenvalue weighted by Crippen LogP contribution is 2.30. The van der Waals surface area contributed by atoms with Crippen LogP contribution >= 0.6 is 0 Å². The molecule has 3 aromatic heterocycles. The van der Waals surface area contributed by atoms with E-state index in [1.807, 2.05) is 36.5 Å². The van der Waals surface area contributed by atoms with Gasteiger partial charge < -0.3 is 4.98 Å². The van der Waals surface area contributed by atoms with Crippen LogP contribution < -0.4 is 5.56 Å². The van der Waals surface area contributed by atoms with Gasteiger partial charge in [-0.05, 0) is 80.2 Å². The molecule has 1 aliphatic rings. The van der Waals surface area contributed by atoms with Crippen molar-refractivity contribution in [1.29, 1.82) is 0 Å². The molecule has 5 aromatic rings. The summed E-state index contributed by atoms with van der Waals surface area (Å²) in [4.78, 5) is 28.3. The molecule has 6 rings (SSSR count). The van der Waals surface area contributed by atoms with Crippen LogP contribution in [0.1, 0.15) is 41.1 Å². The van der Waals surface area contributed by atoms with Crippen LogP contribution in [0, 0.1) is 5.82 Å². The Bertz CT molecular complexity index is 1510. The van der Waals surface area contributed by atoms with Crippen LogP contribution in [0.2, 0.25) is 0 Å². The van der Waals surface area contributed by atoms with E-state index in [9.17, 15) is 9.18 Å². The van der Waals surface area contributed by atoms with E-state index >= 15 is 0 Å². The van der Waals surface area contributed by atoms with Gasteiger partial charge in [-0.15, -0.1) is 0 Å². The van der Waals surface area contributed by atoms with Crippen LogP contribution in [0.4, 0.5) is 4.39 Å². The molecular formula is C29H29FN6O. The van der Waals surface area contributed by atoms with Gasteiger partial charge in [-0.25, -0.2) is 9.37 Å². The van der Waals surface area contributed by atoms with E-state index in [-0.39, 0.29) is 17.3 Å². The number of hydrogen-bond acceptors (Lipinski definition) is 4. The number of aromatic amines is 2. The van der Waals surface area contributed by atoms with Crippen molar-refractivity contribution in [3.63, 3.8) is 0 Å². The van der Waals surface area contributed by atoms with Crippen LogP contribution in [-0.2, 0) is 19.4 Å². The highest BCUT2D eigenvalue weighted by atomic mass is 19.1. The summed E-state index contributed by atoms with van der Waals surface area (Å²) in [5.74, 6) is 0.498. The molecule has 0 radical (unpaired) electrons. The standard InChI is InChI=1S/C29H29FN6O/c30-23-10-7-20(8-11-23)9-12-24-27(22-13-16-35(17-14-22)19-21-4-3-15-31-18-21)34-36(28(24)37)29-32-25-5-1-2-6-26(25)33-29/h1-8,10-11,15,18,22,34H,9,12-14,16-17,19H2,(H,32,33). The molecule has 0 unspecified atom stereocenters. The number of aryl methyl sites for hydroxylation is 1. The van der Waals surface area contributed by atoms with E-state index in [0.29, 0.717) is 18.8 Å². The fourth-order valence-electron chi connectivity index (χ4n) is 5.31. The van der Waals surface area contributed by atoms with Crippen LogP contribution in [0.15, 0.2) is 77.9 Å². The van der Waals surface area contributed by atoms with Gasteiger partial charge in [0.1, 0.15) is 5.82 Å². The minimum atomic E-state index is -0.253. The lowest BCUT2D eigenvalue weighted by Gasteiger charge is -2.31. The molecule has 8 heteroatoms. The first-order valence-corrected chi connectivity index (χ1v) is 12.8. The van der Waals surface area contributed by atoms with Crippen molar-refractivity contribution >= 4 is 11.0 Å². The van der Waals surface area contributed by atoms with Gasteiger partial charge in [0.15, 0.2) is 0 Å². The molecule has 1 fully saturated rings. The second-order valence-corrected chi connectivity index (χ2v) is 9.76. The summed E-state index contributed by atoms with van der Waals surface area (Å²) in [6.07, 6.45) is 6.89. The number of halogens is 1. The van der Waals surface area contributed by atoms with Crippen molar-refractivity contribution in [2.75, 3.05) is 13.1 Å². The molecule has 2 N–H and O–H groups in total. The Morgan fingerprint density at radius 2 is 1.76 bits per heavy atom. The summed E-state index contributed by atoms with van der Waals surface area (Å²) in [5.41, 5.74) is 5.63. The predicted octanol–water partition coefficient (Wildman–Crippen LogP) is 4.74. The highest BCUT2D eigenvalue weighted by Gasteiger charge is 2.27. The number of rotatable bonds is 7. The normalized spacial score (nSPS) is 14.9. The molecule has 7 nitrogen and oxygen atoms in total. The molecule has 0 aliphatic carbocycles. The summed E-state index contributed by atoms with van der Waals surface area (Å²) in [5, 5.41) is 3.43. The molecule has 188 valence electrons. The molecule has 0 atom stereocenters. The number of benzene rings is 2. The average Bonchev–Trinajstić information content (AvgIpc) is 3.50. The molecule has 4 heterocycles. The second-order valence-electron chi connectivity index (χ2n) is 9.76. The molecule has 0 bridgehead atoms. The zero-order valence-electron chi connectivity index (χ0n) is 20.5. The Hall–Kier alpha value is -4.04. The lowest BCUT2D eigenvalue weighted by molar-refractivity contribution is 0.202. The number of nitrogens with one attached hydrogen (secondary N) is 2. The number of imidazole rings is 1. The summed E-state index contributed by atoms with van der Waals surface area (Å²) in [6, 6.07) is 18.4. The smallest absolute Gasteiger partial charge is 0.277 e. The minimum Gasteiger partial charge on any atom is -0.322 e. The third kappa shape index (κ3) is 4.97. The number of nitrogens with zero attached hydrogens (tertiary/aromatic N) is 4. The quantitative estimate of drug-likeness (QED) is 0.341. The number of para-hydroxylation sites is 2. The van der Waals surface area contributed by atoms with Crippen molar-refractivity contribution in [3.8, 4) is 5.95 Å². The summed E-state index contributed by atoms with van der Waals surface area (Å²) >= 11 is 0. The van der Waals surface area contributed by atoms with Gasteiger partial charge in [0, 0.05) is 36.1 Å². The maximum Gasteiger partial charge on any atom is 0.277 e. The van der Waals surface area contributed by atoms with Crippen LogP contribution in [0.25, 0.3) is 17.0 Å². The molecule has 2 aromatic carbocycles. The Labute approximate surface area is 214 Å². The minimum absolute atomic E-state index is 0.0750. The third-order valence-corrected chi connectivity index (χ3v) is 7.31. The number of H-pyrrole nitrogens is 2.